The molecular weight excluding hydrogens is 369 g/mol. The van der Waals surface area contributed by atoms with E-state index in [0.29, 0.717) is 13.2 Å². The summed E-state index contributed by atoms with van der Waals surface area (Å²) in [4.78, 5) is 14.8. The van der Waals surface area contributed by atoms with Gasteiger partial charge in [0.25, 0.3) is 0 Å². The molecule has 1 unspecified atom stereocenters. The third-order valence-corrected chi connectivity index (χ3v) is 4.95. The number of likely N-dealkylation sites (N-methyl/N-ethyl adjacent to an activating group) is 1. The molecule has 2 N–H and O–H groups in total. The average Bonchev–Trinajstić information content (AvgIpc) is 3.05. The van der Waals surface area contributed by atoms with Crippen LogP contribution in [0.5, 0.6) is 0 Å². The lowest BCUT2D eigenvalue weighted by Gasteiger charge is -2.32. The molecule has 1 aromatic rings. The first-order chi connectivity index (χ1) is 10.7. The molecule has 2 rings (SSSR count). The summed E-state index contributed by atoms with van der Waals surface area (Å²) in [6.45, 7) is 10.2. The van der Waals surface area contributed by atoms with Crippen LogP contribution in [0, 0.1) is 0 Å². The first-order valence-electron chi connectivity index (χ1n) is 8.06. The third kappa shape index (κ3) is 6.17. The van der Waals surface area contributed by atoms with Crippen molar-refractivity contribution in [3.05, 3.63) is 22.4 Å². The highest BCUT2D eigenvalue weighted by atomic mass is 35.5. The zero-order valence-corrected chi connectivity index (χ0v) is 16.9. The van der Waals surface area contributed by atoms with E-state index in [1.165, 1.54) is 5.56 Å². The highest BCUT2D eigenvalue weighted by Gasteiger charge is 2.29. The largest absolute Gasteiger partial charge is 0.375 e. The summed E-state index contributed by atoms with van der Waals surface area (Å²) >= 11 is 1.70. The summed E-state index contributed by atoms with van der Waals surface area (Å²) in [7, 11) is 0. The smallest absolute Gasteiger partial charge is 0.239 e. The van der Waals surface area contributed by atoms with Crippen LogP contribution in [0.2, 0.25) is 0 Å². The van der Waals surface area contributed by atoms with E-state index in [4.69, 9.17) is 4.74 Å². The fourth-order valence-corrected chi connectivity index (χ4v) is 3.63. The van der Waals surface area contributed by atoms with Gasteiger partial charge in [0.1, 0.15) is 6.04 Å². The lowest BCUT2D eigenvalue weighted by atomic mass is 10.1. The summed E-state index contributed by atoms with van der Waals surface area (Å²) in [6, 6.07) is 2.11. The number of nitrogens with one attached hydrogen (secondary N) is 2. The fraction of sp³-hybridized carbons (Fsp3) is 0.688. The molecule has 1 saturated heterocycles. The summed E-state index contributed by atoms with van der Waals surface area (Å²) < 4.78 is 5.55. The van der Waals surface area contributed by atoms with Crippen LogP contribution in [0.3, 0.4) is 0 Å². The van der Waals surface area contributed by atoms with E-state index >= 15 is 0 Å². The van der Waals surface area contributed by atoms with E-state index in [0.717, 1.165) is 19.6 Å². The van der Waals surface area contributed by atoms with Gasteiger partial charge in [-0.15, -0.1) is 24.8 Å². The van der Waals surface area contributed by atoms with Crippen LogP contribution in [-0.4, -0.2) is 55.7 Å². The van der Waals surface area contributed by atoms with Crippen LogP contribution in [-0.2, 0) is 9.53 Å². The van der Waals surface area contributed by atoms with E-state index in [9.17, 15) is 4.79 Å². The van der Waals surface area contributed by atoms with Gasteiger partial charge in [0.15, 0.2) is 0 Å². The van der Waals surface area contributed by atoms with Crippen molar-refractivity contribution in [2.75, 3.05) is 32.8 Å². The minimum atomic E-state index is -0.256. The number of morpholine rings is 1. The monoisotopic (exact) mass is 397 g/mol. The first-order valence-corrected chi connectivity index (χ1v) is 9.00. The number of hydrogen-bond donors (Lipinski definition) is 2. The summed E-state index contributed by atoms with van der Waals surface area (Å²) in [5.74, 6) is 0.0274. The number of carbonyl (C=O) groups excluding carboxylic acids is 1. The Morgan fingerprint density at radius 1 is 1.46 bits per heavy atom. The van der Waals surface area contributed by atoms with Crippen molar-refractivity contribution in [2.45, 2.75) is 39.0 Å². The minimum absolute atomic E-state index is 0. The maximum atomic E-state index is 12.4. The maximum Gasteiger partial charge on any atom is 0.239 e. The zero-order valence-electron chi connectivity index (χ0n) is 14.5. The van der Waals surface area contributed by atoms with Gasteiger partial charge in [-0.3, -0.25) is 9.69 Å². The van der Waals surface area contributed by atoms with Gasteiger partial charge in [-0.2, -0.15) is 11.3 Å². The molecule has 1 fully saturated rings. The summed E-state index contributed by atoms with van der Waals surface area (Å²) in [6.07, 6.45) is -0.0817. The van der Waals surface area contributed by atoms with Crippen molar-refractivity contribution < 1.29 is 9.53 Å². The van der Waals surface area contributed by atoms with Crippen LogP contribution >= 0.6 is 36.2 Å². The second kappa shape index (κ2) is 12.1. The van der Waals surface area contributed by atoms with Crippen LogP contribution < -0.4 is 10.6 Å². The van der Waals surface area contributed by atoms with Gasteiger partial charge in [0, 0.05) is 13.1 Å². The number of carbonyl (C=O) groups is 1. The number of halogens is 2. The Balaban J connectivity index is 0.00000264. The Kier molecular flexibility index (Phi) is 11.9. The summed E-state index contributed by atoms with van der Waals surface area (Å²) in [5.41, 5.74) is 1.27. The molecule has 0 radical (unpaired) electrons. The number of thiophene rings is 1. The molecule has 8 heteroatoms. The van der Waals surface area contributed by atoms with Crippen molar-refractivity contribution in [1.82, 2.24) is 15.5 Å². The van der Waals surface area contributed by atoms with Gasteiger partial charge < -0.3 is 15.4 Å². The highest BCUT2D eigenvalue weighted by Crippen LogP contribution is 2.22. The molecule has 1 aliphatic rings. The molecule has 2 heterocycles. The minimum Gasteiger partial charge on any atom is -0.375 e. The Morgan fingerprint density at radius 2 is 2.17 bits per heavy atom. The van der Waals surface area contributed by atoms with Gasteiger partial charge in [-0.05, 0) is 42.4 Å². The van der Waals surface area contributed by atoms with E-state index in [-0.39, 0.29) is 48.9 Å². The second-order valence-corrected chi connectivity index (χ2v) is 6.33. The van der Waals surface area contributed by atoms with E-state index in [1.54, 1.807) is 11.3 Å². The highest BCUT2D eigenvalue weighted by molar-refractivity contribution is 7.07. The number of ether oxygens (including phenoxy) is 1. The molecule has 1 aromatic heterocycles. The lowest BCUT2D eigenvalue weighted by Crippen LogP contribution is -2.56. The first kappa shape index (κ1) is 23.6. The number of nitrogens with zero attached hydrogens (tertiary/aromatic N) is 1. The molecule has 24 heavy (non-hydrogen) atoms. The molecule has 0 spiro atoms. The topological polar surface area (TPSA) is 53.6 Å². The third-order valence-electron chi connectivity index (χ3n) is 4.25. The van der Waals surface area contributed by atoms with Crippen molar-refractivity contribution in [1.29, 1.82) is 0 Å². The molecule has 1 amide bonds. The van der Waals surface area contributed by atoms with Gasteiger partial charge in [-0.1, -0.05) is 13.8 Å². The van der Waals surface area contributed by atoms with Gasteiger partial charge in [0.05, 0.1) is 18.8 Å². The van der Waals surface area contributed by atoms with Crippen LogP contribution in [0.15, 0.2) is 16.8 Å². The van der Waals surface area contributed by atoms with Crippen LogP contribution in [0.1, 0.15) is 32.4 Å². The van der Waals surface area contributed by atoms with Gasteiger partial charge >= 0.3 is 0 Å². The molecule has 1 aliphatic heterocycles. The molecule has 5 nitrogen and oxygen atoms in total. The molecule has 0 saturated carbocycles. The van der Waals surface area contributed by atoms with Gasteiger partial charge in [-0.25, -0.2) is 0 Å². The molecular formula is C16H29Cl2N3O2S. The summed E-state index contributed by atoms with van der Waals surface area (Å²) in [5, 5.41) is 10.6. The standard InChI is InChI=1S/C16H27N3O2S.2ClH/c1-4-19(5-2)14(13-6-9-22-11-13)10-18-16(20)15-12(3)21-8-7-17-15;;/h6,9,11-12,14-15,17H,4-5,7-8,10H2,1-3H3,(H,18,20);2*1H/t12-,14?,15+;;/m1../s1. The molecule has 0 aliphatic carbocycles. The zero-order chi connectivity index (χ0) is 15.9. The van der Waals surface area contributed by atoms with Crippen LogP contribution in [0.25, 0.3) is 0 Å². The molecule has 140 valence electrons. The van der Waals surface area contributed by atoms with E-state index in [1.807, 2.05) is 6.92 Å². The Hall–Kier alpha value is -0.370. The predicted octanol–water partition coefficient (Wildman–Crippen LogP) is 2.47. The fourth-order valence-electron chi connectivity index (χ4n) is 2.92. The molecule has 3 atom stereocenters. The number of hydrogen-bond acceptors (Lipinski definition) is 5. The number of rotatable bonds is 7. The second-order valence-electron chi connectivity index (χ2n) is 5.55. The SMILES string of the molecule is CCN(CC)C(CNC(=O)[C@H]1NCCO[C@@H]1C)c1ccsc1.Cl.Cl. The lowest BCUT2D eigenvalue weighted by molar-refractivity contribution is -0.129. The molecule has 0 aromatic carbocycles. The van der Waals surface area contributed by atoms with E-state index in [2.05, 4.69) is 46.2 Å². The Labute approximate surface area is 161 Å². The van der Waals surface area contributed by atoms with Crippen LogP contribution in [0.4, 0.5) is 0 Å². The van der Waals surface area contributed by atoms with Gasteiger partial charge in [0.2, 0.25) is 5.91 Å². The van der Waals surface area contributed by atoms with Crippen molar-refractivity contribution in [2.24, 2.45) is 0 Å². The quantitative estimate of drug-likeness (QED) is 0.741. The number of amides is 1. The Morgan fingerprint density at radius 3 is 2.71 bits per heavy atom. The average molecular weight is 398 g/mol. The van der Waals surface area contributed by atoms with Crippen molar-refractivity contribution >= 4 is 42.1 Å². The molecule has 0 bridgehead atoms. The predicted molar refractivity (Wildman–Crippen MR) is 105 cm³/mol. The maximum absolute atomic E-state index is 12.4. The van der Waals surface area contributed by atoms with Crippen molar-refractivity contribution in [3.63, 3.8) is 0 Å². The normalized spacial score (nSPS) is 21.5. The van der Waals surface area contributed by atoms with Crippen molar-refractivity contribution in [3.8, 4) is 0 Å². The Bertz CT molecular complexity index is 458. The van der Waals surface area contributed by atoms with E-state index < -0.39 is 0 Å².